The number of aromatic hydroxyl groups is 2. The van der Waals surface area contributed by atoms with E-state index in [1.165, 1.54) is 7.11 Å². The van der Waals surface area contributed by atoms with Crippen molar-refractivity contribution in [2.24, 2.45) is 0 Å². The molecule has 0 radical (unpaired) electrons. The summed E-state index contributed by atoms with van der Waals surface area (Å²) in [5, 5.41) is 49.3. The van der Waals surface area contributed by atoms with Crippen LogP contribution in [-0.2, 0) is 9.47 Å². The Morgan fingerprint density at radius 3 is 2.57 bits per heavy atom. The van der Waals surface area contributed by atoms with Crippen molar-refractivity contribution >= 4 is 5.97 Å². The van der Waals surface area contributed by atoms with Gasteiger partial charge in [0.15, 0.2) is 17.6 Å². The molecule has 9 heteroatoms. The number of phenolic OH excluding ortho intramolecular Hbond substituents is 2. The van der Waals surface area contributed by atoms with E-state index in [1.54, 1.807) is 0 Å². The minimum Gasteiger partial charge on any atom is -0.504 e. The first-order valence-corrected chi connectivity index (χ1v) is 6.87. The van der Waals surface area contributed by atoms with Gasteiger partial charge in [-0.15, -0.1) is 0 Å². The maximum Gasteiger partial charge on any atom is 0.339 e. The van der Waals surface area contributed by atoms with E-state index in [1.807, 2.05) is 0 Å². The van der Waals surface area contributed by atoms with Gasteiger partial charge in [-0.1, -0.05) is 0 Å². The molecule has 1 aromatic rings. The van der Waals surface area contributed by atoms with Gasteiger partial charge in [-0.3, -0.25) is 0 Å². The van der Waals surface area contributed by atoms with Gasteiger partial charge in [0.1, 0.15) is 24.4 Å². The number of hydrogen-bond acceptors (Lipinski definition) is 9. The Bertz CT molecular complexity index is 644. The number of ether oxygens (including phenoxy) is 3. The number of esters is 1. The van der Waals surface area contributed by atoms with Crippen molar-refractivity contribution in [2.45, 2.75) is 30.5 Å². The Hall–Kier alpha value is -2.07. The lowest BCUT2D eigenvalue weighted by Crippen LogP contribution is -2.58. The average Bonchev–Trinajstić information content (AvgIpc) is 2.52. The Kier molecular flexibility index (Phi) is 3.80. The van der Waals surface area contributed by atoms with Crippen molar-refractivity contribution in [3.8, 4) is 17.2 Å². The summed E-state index contributed by atoms with van der Waals surface area (Å²) < 4.78 is 15.4. The van der Waals surface area contributed by atoms with E-state index >= 15 is 0 Å². The van der Waals surface area contributed by atoms with Crippen LogP contribution in [0.25, 0.3) is 0 Å². The summed E-state index contributed by atoms with van der Waals surface area (Å²) in [6.45, 7) is -0.583. The number of methoxy groups -OCH3 is 1. The van der Waals surface area contributed by atoms with E-state index in [2.05, 4.69) is 0 Å². The number of rotatable bonds is 2. The number of phenols is 2. The first kappa shape index (κ1) is 15.8. The van der Waals surface area contributed by atoms with Crippen molar-refractivity contribution in [1.29, 1.82) is 0 Å². The lowest BCUT2D eigenvalue weighted by Gasteiger charge is -2.44. The largest absolute Gasteiger partial charge is 0.504 e. The fourth-order valence-corrected chi connectivity index (χ4v) is 2.95. The quantitative estimate of drug-likeness (QED) is 0.422. The van der Waals surface area contributed by atoms with E-state index < -0.39 is 54.6 Å². The highest BCUT2D eigenvalue weighted by molar-refractivity contribution is 5.95. The number of aliphatic hydroxyl groups is 3. The van der Waals surface area contributed by atoms with Crippen LogP contribution in [0.4, 0.5) is 0 Å². The second kappa shape index (κ2) is 5.53. The predicted molar refractivity (Wildman–Crippen MR) is 72.2 cm³/mol. The number of hydrogen-bond donors (Lipinski definition) is 5. The zero-order chi connectivity index (χ0) is 16.9. The van der Waals surface area contributed by atoms with Crippen molar-refractivity contribution < 1.29 is 44.5 Å². The summed E-state index contributed by atoms with van der Waals surface area (Å²) >= 11 is 0. The molecule has 9 nitrogen and oxygen atoms in total. The SMILES string of the molecule is COc1c(O)cc2c(c1O)[C@@H]1O[C@H](CO)[C@H](O)[C@@H](O)[C@H]1OC2=O. The number of benzene rings is 1. The molecule has 0 spiro atoms. The minimum atomic E-state index is -1.51. The molecule has 0 aromatic heterocycles. The lowest BCUT2D eigenvalue weighted by atomic mass is 9.86. The monoisotopic (exact) mass is 328 g/mol. The first-order valence-electron chi connectivity index (χ1n) is 6.87. The van der Waals surface area contributed by atoms with Crippen LogP contribution < -0.4 is 4.74 Å². The van der Waals surface area contributed by atoms with Crippen LogP contribution in [-0.4, -0.2) is 69.6 Å². The maximum atomic E-state index is 12.1. The predicted octanol–water partition coefficient (Wildman–Crippen LogP) is -1.20. The highest BCUT2D eigenvalue weighted by Crippen LogP contribution is 2.49. The van der Waals surface area contributed by atoms with Crippen LogP contribution in [0.1, 0.15) is 22.0 Å². The Labute approximate surface area is 130 Å². The van der Waals surface area contributed by atoms with Gasteiger partial charge in [0.25, 0.3) is 0 Å². The summed E-state index contributed by atoms with van der Waals surface area (Å²) in [6, 6.07) is 1.06. The first-order chi connectivity index (χ1) is 10.9. The molecular weight excluding hydrogens is 312 g/mol. The molecule has 126 valence electrons. The smallest absolute Gasteiger partial charge is 0.339 e. The average molecular weight is 328 g/mol. The van der Waals surface area contributed by atoms with Gasteiger partial charge in [-0.05, 0) is 6.07 Å². The molecule has 0 saturated carbocycles. The van der Waals surface area contributed by atoms with Crippen LogP contribution in [0.5, 0.6) is 17.2 Å². The maximum absolute atomic E-state index is 12.1. The molecule has 5 atom stereocenters. The zero-order valence-electron chi connectivity index (χ0n) is 12.0. The van der Waals surface area contributed by atoms with Crippen molar-refractivity contribution in [3.63, 3.8) is 0 Å². The molecule has 2 aliphatic rings. The summed E-state index contributed by atoms with van der Waals surface area (Å²) in [5.41, 5.74) is -0.187. The summed E-state index contributed by atoms with van der Waals surface area (Å²) in [5.74, 6) is -2.16. The van der Waals surface area contributed by atoms with Crippen LogP contribution >= 0.6 is 0 Å². The molecule has 1 aromatic carbocycles. The summed E-state index contributed by atoms with van der Waals surface area (Å²) in [4.78, 5) is 12.1. The van der Waals surface area contributed by atoms with Crippen molar-refractivity contribution in [3.05, 3.63) is 17.2 Å². The van der Waals surface area contributed by atoms with Gasteiger partial charge < -0.3 is 39.7 Å². The number of carbonyl (C=O) groups excluding carboxylic acids is 1. The van der Waals surface area contributed by atoms with E-state index in [0.29, 0.717) is 0 Å². The third-order valence-electron chi connectivity index (χ3n) is 4.09. The normalized spacial score (nSPS) is 32.7. The summed E-state index contributed by atoms with van der Waals surface area (Å²) in [6.07, 6.45) is -6.50. The molecule has 0 aliphatic carbocycles. The van der Waals surface area contributed by atoms with Gasteiger partial charge in [-0.2, -0.15) is 0 Å². The molecule has 0 unspecified atom stereocenters. The second-order valence-corrected chi connectivity index (χ2v) is 5.37. The molecule has 5 N–H and O–H groups in total. The fourth-order valence-electron chi connectivity index (χ4n) is 2.95. The van der Waals surface area contributed by atoms with Crippen molar-refractivity contribution in [1.82, 2.24) is 0 Å². The van der Waals surface area contributed by atoms with Gasteiger partial charge in [0.2, 0.25) is 5.75 Å². The zero-order valence-corrected chi connectivity index (χ0v) is 12.0. The highest BCUT2D eigenvalue weighted by Gasteiger charge is 2.52. The van der Waals surface area contributed by atoms with Crippen LogP contribution in [0.2, 0.25) is 0 Å². The number of carbonyl (C=O) groups is 1. The highest BCUT2D eigenvalue weighted by atomic mass is 16.6. The van der Waals surface area contributed by atoms with Gasteiger partial charge in [0, 0.05) is 5.56 Å². The molecule has 1 saturated heterocycles. The van der Waals surface area contributed by atoms with Crippen LogP contribution in [0.15, 0.2) is 6.07 Å². The Balaban J connectivity index is 2.16. The van der Waals surface area contributed by atoms with Crippen LogP contribution in [0.3, 0.4) is 0 Å². The molecule has 0 bridgehead atoms. The third kappa shape index (κ3) is 2.20. The number of fused-ring (bicyclic) bond motifs is 3. The minimum absolute atomic E-state index is 0.0368. The lowest BCUT2D eigenvalue weighted by molar-refractivity contribution is -0.235. The molecule has 0 amide bonds. The van der Waals surface area contributed by atoms with Crippen LogP contribution in [0, 0.1) is 0 Å². The second-order valence-electron chi connectivity index (χ2n) is 5.37. The third-order valence-corrected chi connectivity index (χ3v) is 4.09. The van der Waals surface area contributed by atoms with Gasteiger partial charge in [-0.25, -0.2) is 4.79 Å². The number of aliphatic hydroxyl groups excluding tert-OH is 3. The molecule has 1 fully saturated rings. The molecule has 23 heavy (non-hydrogen) atoms. The topological polar surface area (TPSA) is 146 Å². The van der Waals surface area contributed by atoms with E-state index in [-0.39, 0.29) is 16.9 Å². The van der Waals surface area contributed by atoms with Crippen molar-refractivity contribution in [2.75, 3.05) is 13.7 Å². The van der Waals surface area contributed by atoms with E-state index in [0.717, 1.165) is 6.07 Å². The Morgan fingerprint density at radius 2 is 1.96 bits per heavy atom. The summed E-state index contributed by atoms with van der Waals surface area (Å²) in [7, 11) is 1.22. The van der Waals surface area contributed by atoms with Gasteiger partial charge in [0.05, 0.1) is 19.3 Å². The van der Waals surface area contributed by atoms with Gasteiger partial charge >= 0.3 is 5.97 Å². The molecule has 2 heterocycles. The standard InChI is InChI=1S/C14H16O9/c1-21-11-5(16)2-4-7(9(11)18)12-13(23-14(4)20)10(19)8(17)6(3-15)22-12/h2,6,8,10,12-13,15-19H,3H2,1H3/t6-,8+,10-,12+,13-/m1/s1. The molecule has 2 aliphatic heterocycles. The Morgan fingerprint density at radius 1 is 1.26 bits per heavy atom. The molecule has 3 rings (SSSR count). The molecular formula is C14H16O9. The van der Waals surface area contributed by atoms with E-state index in [4.69, 9.17) is 14.2 Å². The fraction of sp³-hybridized carbons (Fsp3) is 0.500. The van der Waals surface area contributed by atoms with E-state index in [9.17, 15) is 30.3 Å².